The molecular weight excluding hydrogens is 446 g/mol. The Bertz CT molecular complexity index is 1100. The largest absolute Gasteiger partial charge is 0.497 e. The van der Waals surface area contributed by atoms with Crippen LogP contribution < -0.4 is 14.8 Å². The second kappa shape index (κ2) is 8.41. The molecule has 1 heterocycles. The Hall–Kier alpha value is -2.91. The van der Waals surface area contributed by atoms with Gasteiger partial charge >= 0.3 is 0 Å². The van der Waals surface area contributed by atoms with E-state index in [9.17, 15) is 13.2 Å². The van der Waals surface area contributed by atoms with Gasteiger partial charge in [0.05, 0.1) is 17.6 Å². The van der Waals surface area contributed by atoms with Gasteiger partial charge in [0, 0.05) is 28.2 Å². The molecule has 2 N–H and O–H groups in total. The van der Waals surface area contributed by atoms with Gasteiger partial charge in [0.1, 0.15) is 5.75 Å². The molecule has 3 aromatic rings. The molecule has 0 radical (unpaired) electrons. The Labute approximate surface area is 170 Å². The van der Waals surface area contributed by atoms with Gasteiger partial charge in [-0.15, -0.1) is 0 Å². The number of nitrogens with zero attached hydrogens (tertiary/aromatic N) is 1. The van der Waals surface area contributed by atoms with Gasteiger partial charge in [-0.3, -0.25) is 14.5 Å². The lowest BCUT2D eigenvalue weighted by atomic mass is 10.2. The van der Waals surface area contributed by atoms with Crippen LogP contribution in [0.1, 0.15) is 10.4 Å². The van der Waals surface area contributed by atoms with Crippen molar-refractivity contribution in [3.05, 3.63) is 77.0 Å². The summed E-state index contributed by atoms with van der Waals surface area (Å²) >= 11 is 3.26. The molecule has 0 fully saturated rings. The number of carbonyl (C=O) groups is 1. The molecule has 0 aliphatic heterocycles. The smallest absolute Gasteiger partial charge is 0.261 e. The summed E-state index contributed by atoms with van der Waals surface area (Å²) in [6, 6.07) is 14.1. The average Bonchev–Trinajstić information content (AvgIpc) is 2.68. The van der Waals surface area contributed by atoms with E-state index in [2.05, 4.69) is 31.0 Å². The molecule has 2 aromatic carbocycles. The summed E-state index contributed by atoms with van der Waals surface area (Å²) in [5, 5.41) is 2.67. The Morgan fingerprint density at radius 1 is 1.04 bits per heavy atom. The van der Waals surface area contributed by atoms with Gasteiger partial charge in [-0.05, 0) is 64.5 Å². The topological polar surface area (TPSA) is 97.4 Å². The van der Waals surface area contributed by atoms with Gasteiger partial charge in [-0.1, -0.05) is 6.07 Å². The van der Waals surface area contributed by atoms with Gasteiger partial charge in [-0.2, -0.15) is 0 Å². The number of rotatable bonds is 6. The average molecular weight is 462 g/mol. The first-order chi connectivity index (χ1) is 13.4. The monoisotopic (exact) mass is 461 g/mol. The van der Waals surface area contributed by atoms with Crippen LogP contribution in [0.4, 0.5) is 11.4 Å². The Morgan fingerprint density at radius 3 is 2.46 bits per heavy atom. The fourth-order valence-electron chi connectivity index (χ4n) is 2.35. The molecule has 0 saturated carbocycles. The van der Waals surface area contributed by atoms with E-state index in [1.807, 2.05) is 0 Å². The van der Waals surface area contributed by atoms with Crippen LogP contribution in [0, 0.1) is 0 Å². The quantitative estimate of drug-likeness (QED) is 0.579. The number of pyridine rings is 1. The number of benzene rings is 2. The first kappa shape index (κ1) is 19.8. The second-order valence-corrected chi connectivity index (χ2v) is 8.31. The van der Waals surface area contributed by atoms with Crippen molar-refractivity contribution in [2.24, 2.45) is 0 Å². The summed E-state index contributed by atoms with van der Waals surface area (Å²) in [4.78, 5) is 16.3. The van der Waals surface area contributed by atoms with Crippen LogP contribution in [0.25, 0.3) is 0 Å². The van der Waals surface area contributed by atoms with Gasteiger partial charge in [0.15, 0.2) is 0 Å². The Morgan fingerprint density at radius 2 is 1.79 bits per heavy atom. The van der Waals surface area contributed by atoms with E-state index < -0.39 is 15.9 Å². The molecular formula is C19H16BrN3O4S. The van der Waals surface area contributed by atoms with Crippen LogP contribution in [-0.4, -0.2) is 26.4 Å². The summed E-state index contributed by atoms with van der Waals surface area (Å²) in [6.45, 7) is 0. The van der Waals surface area contributed by atoms with Crippen LogP contribution in [-0.2, 0) is 10.0 Å². The normalized spacial score (nSPS) is 10.9. The zero-order valence-electron chi connectivity index (χ0n) is 14.7. The maximum Gasteiger partial charge on any atom is 0.261 e. The van der Waals surface area contributed by atoms with Crippen molar-refractivity contribution in [1.82, 2.24) is 4.98 Å². The Balaban J connectivity index is 1.78. The van der Waals surface area contributed by atoms with E-state index >= 15 is 0 Å². The molecule has 0 atom stereocenters. The lowest BCUT2D eigenvalue weighted by molar-refractivity contribution is 0.102. The fourth-order valence-corrected chi connectivity index (χ4v) is 3.82. The molecule has 9 heteroatoms. The molecule has 0 saturated heterocycles. The molecule has 0 unspecified atom stereocenters. The first-order valence-electron chi connectivity index (χ1n) is 8.06. The number of nitrogens with one attached hydrogen (secondary N) is 2. The molecule has 28 heavy (non-hydrogen) atoms. The summed E-state index contributed by atoms with van der Waals surface area (Å²) in [5.74, 6) is 0.223. The zero-order valence-corrected chi connectivity index (χ0v) is 17.1. The SMILES string of the molecule is COc1ccc(NS(=O)(=O)c2cccc(NC(=O)c3cncc(Br)c3)c2)cc1. The van der Waals surface area contributed by atoms with E-state index in [-0.39, 0.29) is 4.90 Å². The Kier molecular flexibility index (Phi) is 5.96. The van der Waals surface area contributed by atoms with E-state index in [1.165, 1.54) is 25.4 Å². The number of methoxy groups -OCH3 is 1. The number of sulfonamides is 1. The summed E-state index contributed by atoms with van der Waals surface area (Å²) < 4.78 is 33.5. The zero-order chi connectivity index (χ0) is 20.1. The highest BCUT2D eigenvalue weighted by Gasteiger charge is 2.16. The molecule has 0 bridgehead atoms. The van der Waals surface area contributed by atoms with Crippen LogP contribution in [0.3, 0.4) is 0 Å². The van der Waals surface area contributed by atoms with Crippen LogP contribution in [0.2, 0.25) is 0 Å². The predicted molar refractivity (Wildman–Crippen MR) is 110 cm³/mol. The van der Waals surface area contributed by atoms with Crippen molar-refractivity contribution >= 4 is 43.2 Å². The second-order valence-electron chi connectivity index (χ2n) is 5.71. The van der Waals surface area contributed by atoms with Crippen LogP contribution >= 0.6 is 15.9 Å². The minimum atomic E-state index is -3.82. The fraction of sp³-hybridized carbons (Fsp3) is 0.0526. The van der Waals surface area contributed by atoms with Gasteiger partial charge in [0.2, 0.25) is 0 Å². The number of anilines is 2. The highest BCUT2D eigenvalue weighted by atomic mass is 79.9. The van der Waals surface area contributed by atoms with Crippen LogP contribution in [0.5, 0.6) is 5.75 Å². The number of hydrogen-bond acceptors (Lipinski definition) is 5. The summed E-state index contributed by atoms with van der Waals surface area (Å²) in [7, 11) is -2.29. The molecule has 1 aromatic heterocycles. The van der Waals surface area contributed by atoms with E-state index in [0.717, 1.165) is 0 Å². The van der Waals surface area contributed by atoms with Crippen molar-refractivity contribution in [3.63, 3.8) is 0 Å². The summed E-state index contributed by atoms with van der Waals surface area (Å²) in [5.41, 5.74) is 1.09. The van der Waals surface area contributed by atoms with Gasteiger partial charge in [0.25, 0.3) is 15.9 Å². The van der Waals surface area contributed by atoms with Crippen molar-refractivity contribution in [2.75, 3.05) is 17.1 Å². The lowest BCUT2D eigenvalue weighted by Gasteiger charge is -2.11. The maximum atomic E-state index is 12.6. The minimum Gasteiger partial charge on any atom is -0.497 e. The van der Waals surface area contributed by atoms with Crippen molar-refractivity contribution < 1.29 is 17.9 Å². The van der Waals surface area contributed by atoms with E-state index in [0.29, 0.717) is 27.2 Å². The van der Waals surface area contributed by atoms with Gasteiger partial charge in [-0.25, -0.2) is 8.42 Å². The molecule has 0 aliphatic carbocycles. The lowest BCUT2D eigenvalue weighted by Crippen LogP contribution is -2.15. The molecule has 144 valence electrons. The predicted octanol–water partition coefficient (Wildman–Crippen LogP) is 3.91. The number of halogens is 1. The number of carbonyl (C=O) groups excluding carboxylic acids is 1. The van der Waals surface area contributed by atoms with E-state index in [1.54, 1.807) is 48.7 Å². The van der Waals surface area contributed by atoms with Crippen molar-refractivity contribution in [3.8, 4) is 5.75 Å². The molecule has 0 spiro atoms. The third-order valence-electron chi connectivity index (χ3n) is 3.71. The van der Waals surface area contributed by atoms with Crippen LogP contribution in [0.15, 0.2) is 76.4 Å². The minimum absolute atomic E-state index is 0.0217. The number of aromatic nitrogens is 1. The molecule has 3 rings (SSSR count). The van der Waals surface area contributed by atoms with Crippen molar-refractivity contribution in [2.45, 2.75) is 4.90 Å². The van der Waals surface area contributed by atoms with Gasteiger partial charge < -0.3 is 10.1 Å². The van der Waals surface area contributed by atoms with E-state index in [4.69, 9.17) is 4.74 Å². The third kappa shape index (κ3) is 4.87. The highest BCUT2D eigenvalue weighted by molar-refractivity contribution is 9.10. The molecule has 1 amide bonds. The highest BCUT2D eigenvalue weighted by Crippen LogP contribution is 2.22. The number of amides is 1. The third-order valence-corrected chi connectivity index (χ3v) is 5.52. The molecule has 7 nitrogen and oxygen atoms in total. The number of ether oxygens (including phenoxy) is 1. The molecule has 0 aliphatic rings. The van der Waals surface area contributed by atoms with Crippen molar-refractivity contribution in [1.29, 1.82) is 0 Å². The maximum absolute atomic E-state index is 12.6. The first-order valence-corrected chi connectivity index (χ1v) is 10.3. The summed E-state index contributed by atoms with van der Waals surface area (Å²) in [6.07, 6.45) is 2.99. The number of hydrogen-bond donors (Lipinski definition) is 2. The standard InChI is InChI=1S/C19H16BrN3O4S/c1-27-17-7-5-15(6-8-17)23-28(25,26)18-4-2-3-16(10-18)22-19(24)13-9-14(20)12-21-11-13/h2-12,23H,1H3,(H,22,24).